The van der Waals surface area contributed by atoms with E-state index in [1.807, 2.05) is 0 Å². The van der Waals surface area contributed by atoms with Crippen LogP contribution in [-0.2, 0) is 6.54 Å². The Balaban J connectivity index is 2.17. The summed E-state index contributed by atoms with van der Waals surface area (Å²) >= 11 is 0. The fourth-order valence-electron chi connectivity index (χ4n) is 2.53. The third-order valence-electron chi connectivity index (χ3n) is 3.71. The monoisotopic (exact) mass is 218 g/mol. The minimum atomic E-state index is 0.627. The topological polar surface area (TPSA) is 29.3 Å². The van der Waals surface area contributed by atoms with E-state index in [4.69, 9.17) is 5.73 Å². The molecule has 1 saturated carbocycles. The van der Waals surface area contributed by atoms with Gasteiger partial charge in [-0.15, -0.1) is 0 Å². The molecule has 2 unspecified atom stereocenters. The first-order valence-corrected chi connectivity index (χ1v) is 6.13. The zero-order chi connectivity index (χ0) is 11.7. The van der Waals surface area contributed by atoms with Crippen LogP contribution >= 0.6 is 0 Å². The molecule has 88 valence electrons. The second-order valence-corrected chi connectivity index (χ2v) is 5.14. The number of hydrogen-bond acceptors (Lipinski definition) is 2. The van der Waals surface area contributed by atoms with Gasteiger partial charge >= 0.3 is 0 Å². The standard InChI is InChI=1S/C14H22N2/c1-10-5-4-6-12(8-15)14(10)16(3)9-13-7-11(13)2/h4-6,11,13H,7-9,15H2,1-3H3. The Morgan fingerprint density at radius 1 is 1.44 bits per heavy atom. The number of nitrogens with two attached hydrogens (primary N) is 1. The zero-order valence-electron chi connectivity index (χ0n) is 10.5. The number of benzene rings is 1. The van der Waals surface area contributed by atoms with Crippen LogP contribution in [0.4, 0.5) is 5.69 Å². The van der Waals surface area contributed by atoms with Crippen LogP contribution in [0.5, 0.6) is 0 Å². The zero-order valence-corrected chi connectivity index (χ0v) is 10.5. The molecule has 1 fully saturated rings. The molecule has 0 saturated heterocycles. The number of nitrogens with zero attached hydrogens (tertiary/aromatic N) is 1. The van der Waals surface area contributed by atoms with Gasteiger partial charge in [0.1, 0.15) is 0 Å². The highest BCUT2D eigenvalue weighted by atomic mass is 15.1. The summed E-state index contributed by atoms with van der Waals surface area (Å²) in [4.78, 5) is 2.38. The molecular weight excluding hydrogens is 196 g/mol. The van der Waals surface area contributed by atoms with Gasteiger partial charge in [0.2, 0.25) is 0 Å². The smallest absolute Gasteiger partial charge is 0.0438 e. The van der Waals surface area contributed by atoms with Gasteiger partial charge in [-0.2, -0.15) is 0 Å². The van der Waals surface area contributed by atoms with Crippen LogP contribution in [0.1, 0.15) is 24.5 Å². The number of para-hydroxylation sites is 1. The van der Waals surface area contributed by atoms with E-state index in [0.29, 0.717) is 6.54 Å². The number of rotatable bonds is 4. The van der Waals surface area contributed by atoms with Crippen molar-refractivity contribution in [1.82, 2.24) is 0 Å². The molecule has 0 aliphatic heterocycles. The van der Waals surface area contributed by atoms with Crippen molar-refractivity contribution >= 4 is 5.69 Å². The van der Waals surface area contributed by atoms with Crippen LogP contribution < -0.4 is 10.6 Å². The van der Waals surface area contributed by atoms with Crippen LogP contribution in [0, 0.1) is 18.8 Å². The van der Waals surface area contributed by atoms with Crippen molar-refractivity contribution in [3.05, 3.63) is 29.3 Å². The SMILES string of the molecule is Cc1cccc(CN)c1N(C)CC1CC1C. The summed E-state index contributed by atoms with van der Waals surface area (Å²) in [5.74, 6) is 1.79. The lowest BCUT2D eigenvalue weighted by Crippen LogP contribution is -2.23. The maximum atomic E-state index is 5.80. The van der Waals surface area contributed by atoms with Gasteiger partial charge in [0, 0.05) is 25.8 Å². The highest BCUT2D eigenvalue weighted by molar-refractivity contribution is 5.59. The minimum Gasteiger partial charge on any atom is -0.374 e. The molecule has 0 spiro atoms. The second kappa shape index (κ2) is 4.46. The van der Waals surface area contributed by atoms with Gasteiger partial charge in [-0.05, 0) is 36.3 Å². The molecule has 2 nitrogen and oxygen atoms in total. The molecule has 2 rings (SSSR count). The highest BCUT2D eigenvalue weighted by Gasteiger charge is 2.33. The Morgan fingerprint density at radius 3 is 2.69 bits per heavy atom. The third-order valence-corrected chi connectivity index (χ3v) is 3.71. The first-order chi connectivity index (χ1) is 7.63. The van der Waals surface area contributed by atoms with Crippen molar-refractivity contribution in [3.63, 3.8) is 0 Å². The lowest BCUT2D eigenvalue weighted by molar-refractivity contribution is 0.721. The molecule has 0 radical (unpaired) electrons. The largest absolute Gasteiger partial charge is 0.374 e. The number of aryl methyl sites for hydroxylation is 1. The van der Waals surface area contributed by atoms with E-state index >= 15 is 0 Å². The van der Waals surface area contributed by atoms with E-state index in [-0.39, 0.29) is 0 Å². The summed E-state index contributed by atoms with van der Waals surface area (Å²) in [6, 6.07) is 6.39. The molecule has 1 aromatic rings. The van der Waals surface area contributed by atoms with Crippen LogP contribution in [0.25, 0.3) is 0 Å². The molecular formula is C14H22N2. The average Bonchev–Trinajstić information content (AvgIpc) is 2.93. The predicted octanol–water partition coefficient (Wildman–Crippen LogP) is 2.55. The van der Waals surface area contributed by atoms with Gasteiger partial charge in [-0.3, -0.25) is 0 Å². The van der Waals surface area contributed by atoms with E-state index in [0.717, 1.165) is 11.8 Å². The van der Waals surface area contributed by atoms with Crippen molar-refractivity contribution in [2.24, 2.45) is 17.6 Å². The summed E-state index contributed by atoms with van der Waals surface area (Å²) < 4.78 is 0. The van der Waals surface area contributed by atoms with Gasteiger partial charge in [-0.25, -0.2) is 0 Å². The molecule has 2 heteroatoms. The Hall–Kier alpha value is -1.02. The molecule has 2 atom stereocenters. The fraction of sp³-hybridized carbons (Fsp3) is 0.571. The molecule has 0 heterocycles. The van der Waals surface area contributed by atoms with Crippen molar-refractivity contribution in [2.75, 3.05) is 18.5 Å². The van der Waals surface area contributed by atoms with Gasteiger partial charge in [0.25, 0.3) is 0 Å². The van der Waals surface area contributed by atoms with E-state index in [9.17, 15) is 0 Å². The lowest BCUT2D eigenvalue weighted by atomic mass is 10.1. The maximum Gasteiger partial charge on any atom is 0.0438 e. The van der Waals surface area contributed by atoms with Gasteiger partial charge in [0.05, 0.1) is 0 Å². The first-order valence-electron chi connectivity index (χ1n) is 6.13. The quantitative estimate of drug-likeness (QED) is 0.841. The molecule has 2 N–H and O–H groups in total. The highest BCUT2D eigenvalue weighted by Crippen LogP contribution is 2.39. The lowest BCUT2D eigenvalue weighted by Gasteiger charge is -2.24. The number of hydrogen-bond donors (Lipinski definition) is 1. The van der Waals surface area contributed by atoms with E-state index in [1.165, 1.54) is 29.8 Å². The molecule has 0 amide bonds. The van der Waals surface area contributed by atoms with E-state index < -0.39 is 0 Å². The Kier molecular flexibility index (Phi) is 3.20. The molecule has 1 aliphatic rings. The van der Waals surface area contributed by atoms with Crippen molar-refractivity contribution < 1.29 is 0 Å². The fourth-order valence-corrected chi connectivity index (χ4v) is 2.53. The van der Waals surface area contributed by atoms with E-state index in [1.54, 1.807) is 0 Å². The van der Waals surface area contributed by atoms with Gasteiger partial charge in [-0.1, -0.05) is 25.1 Å². The van der Waals surface area contributed by atoms with Crippen LogP contribution in [0.2, 0.25) is 0 Å². The summed E-state index contributed by atoms with van der Waals surface area (Å²) in [5, 5.41) is 0. The summed E-state index contributed by atoms with van der Waals surface area (Å²) in [6.07, 6.45) is 1.38. The molecule has 0 aromatic heterocycles. The normalized spacial score (nSPS) is 23.2. The minimum absolute atomic E-state index is 0.627. The van der Waals surface area contributed by atoms with Gasteiger partial charge in [0.15, 0.2) is 0 Å². The van der Waals surface area contributed by atoms with Crippen LogP contribution in [0.15, 0.2) is 18.2 Å². The molecule has 1 aromatic carbocycles. The van der Waals surface area contributed by atoms with Gasteiger partial charge < -0.3 is 10.6 Å². The van der Waals surface area contributed by atoms with Crippen molar-refractivity contribution in [2.45, 2.75) is 26.8 Å². The summed E-state index contributed by atoms with van der Waals surface area (Å²) in [7, 11) is 2.19. The first kappa shape index (κ1) is 11.5. The maximum absolute atomic E-state index is 5.80. The third kappa shape index (κ3) is 2.22. The molecule has 16 heavy (non-hydrogen) atoms. The van der Waals surface area contributed by atoms with Crippen molar-refractivity contribution in [1.29, 1.82) is 0 Å². The molecule has 0 bridgehead atoms. The Labute approximate surface area is 98.4 Å². The van der Waals surface area contributed by atoms with Crippen LogP contribution in [0.3, 0.4) is 0 Å². The van der Waals surface area contributed by atoms with E-state index in [2.05, 4.69) is 44.0 Å². The number of anilines is 1. The van der Waals surface area contributed by atoms with Crippen LogP contribution in [-0.4, -0.2) is 13.6 Å². The molecule has 1 aliphatic carbocycles. The average molecular weight is 218 g/mol. The Morgan fingerprint density at radius 2 is 2.12 bits per heavy atom. The second-order valence-electron chi connectivity index (χ2n) is 5.14. The predicted molar refractivity (Wildman–Crippen MR) is 69.6 cm³/mol. The summed E-state index contributed by atoms with van der Waals surface area (Å²) in [6.45, 7) is 6.29. The Bertz CT molecular complexity index is 373. The van der Waals surface area contributed by atoms with Crippen molar-refractivity contribution in [3.8, 4) is 0 Å². The summed E-state index contributed by atoms with van der Waals surface area (Å²) in [5.41, 5.74) is 9.73.